The normalized spacial score (nSPS) is 8.42. The van der Waals surface area contributed by atoms with Gasteiger partial charge >= 0.3 is 0 Å². The van der Waals surface area contributed by atoms with Crippen LogP contribution in [0, 0.1) is 0 Å². The molecule has 0 amide bonds. The molecule has 0 aromatic heterocycles. The van der Waals surface area contributed by atoms with Crippen molar-refractivity contribution in [3.8, 4) is 0 Å². The first kappa shape index (κ1) is 34.7. The Kier molecular flexibility index (Phi) is 49.1. The van der Waals surface area contributed by atoms with Crippen LogP contribution in [0.15, 0.2) is 50.6 Å². The van der Waals surface area contributed by atoms with Gasteiger partial charge in [-0.3, -0.25) is 9.80 Å². The molecule has 0 N–H and O–H groups in total. The highest BCUT2D eigenvalue weighted by molar-refractivity contribution is 5.85. The zero-order valence-electron chi connectivity index (χ0n) is 16.5. The quantitative estimate of drug-likeness (QED) is 0.319. The van der Waals surface area contributed by atoms with Crippen molar-refractivity contribution in [3.63, 3.8) is 0 Å². The van der Waals surface area contributed by atoms with Crippen LogP contribution in [-0.4, -0.2) is 50.1 Å². The maximum atomic E-state index is 3.61. The summed E-state index contributed by atoms with van der Waals surface area (Å²) >= 11 is 0. The van der Waals surface area contributed by atoms with Gasteiger partial charge in [0.05, 0.1) is 0 Å². The van der Waals surface area contributed by atoms with Gasteiger partial charge in [0.2, 0.25) is 0 Å². The molecule has 0 aliphatic heterocycles. The third-order valence-electron chi connectivity index (χ3n) is 2.72. The molecular formula is C20H42Cl2N2. The Morgan fingerprint density at radius 3 is 0.917 bits per heavy atom. The van der Waals surface area contributed by atoms with Gasteiger partial charge in [-0.15, -0.1) is 51.1 Å². The van der Waals surface area contributed by atoms with Gasteiger partial charge in [-0.2, -0.15) is 0 Å². The Hall–Kier alpha value is -0.540. The molecule has 0 aromatic carbocycles. The van der Waals surface area contributed by atoms with Crippen molar-refractivity contribution in [2.45, 2.75) is 39.5 Å². The summed E-state index contributed by atoms with van der Waals surface area (Å²) in [6.45, 7) is 22.6. The zero-order chi connectivity index (χ0) is 17.6. The summed E-state index contributed by atoms with van der Waals surface area (Å²) in [5.74, 6) is 0. The number of nitrogens with zero attached hydrogens (tertiary/aromatic N) is 2. The van der Waals surface area contributed by atoms with E-state index in [9.17, 15) is 0 Å². The Bertz CT molecular complexity index is 210. The van der Waals surface area contributed by atoms with Crippen molar-refractivity contribution >= 4 is 24.8 Å². The molecule has 2 nitrogen and oxygen atoms in total. The Balaban J connectivity index is -0.0000000730. The van der Waals surface area contributed by atoms with Crippen molar-refractivity contribution in [1.29, 1.82) is 0 Å². The van der Waals surface area contributed by atoms with E-state index < -0.39 is 0 Å². The van der Waals surface area contributed by atoms with Crippen LogP contribution in [0.4, 0.5) is 0 Å². The van der Waals surface area contributed by atoms with Gasteiger partial charge in [0.1, 0.15) is 0 Å². The van der Waals surface area contributed by atoms with E-state index in [1.165, 1.54) is 25.7 Å². The van der Waals surface area contributed by atoms with Crippen LogP contribution in [0.5, 0.6) is 0 Å². The molecule has 0 spiro atoms. The van der Waals surface area contributed by atoms with Crippen molar-refractivity contribution < 1.29 is 0 Å². The fourth-order valence-corrected chi connectivity index (χ4v) is 1.53. The minimum absolute atomic E-state index is 0. The van der Waals surface area contributed by atoms with Gasteiger partial charge in [0, 0.05) is 26.2 Å². The highest BCUT2D eigenvalue weighted by Gasteiger charge is 1.86. The van der Waals surface area contributed by atoms with Crippen LogP contribution in [-0.2, 0) is 0 Å². The summed E-state index contributed by atoms with van der Waals surface area (Å²) in [6.07, 6.45) is 13.1. The average molecular weight is 381 g/mol. The van der Waals surface area contributed by atoms with Crippen LogP contribution in [0.25, 0.3) is 0 Å². The van der Waals surface area contributed by atoms with Crippen LogP contribution >= 0.6 is 24.8 Å². The second-order valence-corrected chi connectivity index (χ2v) is 5.30. The predicted octanol–water partition coefficient (Wildman–Crippen LogP) is 6.01. The minimum Gasteiger partial charge on any atom is -0.299 e. The molecule has 0 radical (unpaired) electrons. The Morgan fingerprint density at radius 2 is 0.792 bits per heavy atom. The van der Waals surface area contributed by atoms with Crippen LogP contribution in [0.2, 0.25) is 0 Å². The lowest BCUT2D eigenvalue weighted by atomic mass is 10.2. The molecule has 0 saturated carbocycles. The fraction of sp³-hybridized carbons (Fsp3) is 0.600. The largest absolute Gasteiger partial charge is 0.299 e. The molecule has 0 aliphatic rings. The molecule has 4 heteroatoms. The molecule has 0 heterocycles. The van der Waals surface area contributed by atoms with Gasteiger partial charge in [-0.05, 0) is 14.1 Å². The third-order valence-corrected chi connectivity index (χ3v) is 2.72. The molecule has 0 fully saturated rings. The molecule has 0 aliphatic carbocycles. The summed E-state index contributed by atoms with van der Waals surface area (Å²) in [4.78, 5) is 4.25. The minimum atomic E-state index is 0. The molecule has 0 unspecified atom stereocenters. The number of hydrogen-bond donors (Lipinski definition) is 0. The molecule has 0 aromatic rings. The first-order chi connectivity index (χ1) is 10.5. The van der Waals surface area contributed by atoms with E-state index in [1.807, 2.05) is 38.4 Å². The average Bonchev–Trinajstić information content (AvgIpc) is 2.47. The molecule has 0 atom stereocenters. The number of rotatable bonds is 11. The van der Waals surface area contributed by atoms with E-state index in [1.54, 1.807) is 0 Å². The lowest BCUT2D eigenvalue weighted by Crippen LogP contribution is -2.17. The van der Waals surface area contributed by atoms with E-state index >= 15 is 0 Å². The van der Waals surface area contributed by atoms with E-state index in [-0.39, 0.29) is 24.8 Å². The van der Waals surface area contributed by atoms with Gasteiger partial charge in [0.25, 0.3) is 0 Å². The number of halogens is 2. The maximum Gasteiger partial charge on any atom is 0.0160 e. The third kappa shape index (κ3) is 43.0. The van der Waals surface area contributed by atoms with Crippen molar-refractivity contribution in [3.05, 3.63) is 50.6 Å². The first-order valence-electron chi connectivity index (χ1n) is 8.34. The number of hydrogen-bond acceptors (Lipinski definition) is 2. The zero-order valence-corrected chi connectivity index (χ0v) is 18.1. The second kappa shape index (κ2) is 33.9. The van der Waals surface area contributed by atoms with Gasteiger partial charge in [-0.1, -0.05) is 63.8 Å². The monoisotopic (exact) mass is 380 g/mol. The summed E-state index contributed by atoms with van der Waals surface area (Å²) in [6, 6.07) is 0. The Labute approximate surface area is 165 Å². The van der Waals surface area contributed by atoms with Gasteiger partial charge in [0.15, 0.2) is 0 Å². The van der Waals surface area contributed by atoms with Crippen molar-refractivity contribution in [2.75, 3.05) is 40.3 Å². The van der Waals surface area contributed by atoms with Crippen LogP contribution < -0.4 is 0 Å². The van der Waals surface area contributed by atoms with E-state index in [0.29, 0.717) is 0 Å². The lowest BCUT2D eigenvalue weighted by Gasteiger charge is -2.09. The smallest absolute Gasteiger partial charge is 0.0160 e. The molecule has 0 saturated heterocycles. The summed E-state index contributed by atoms with van der Waals surface area (Å²) in [7, 11) is 4.06. The summed E-state index contributed by atoms with van der Waals surface area (Å²) in [5.41, 5.74) is 0. The fourth-order valence-electron chi connectivity index (χ4n) is 1.53. The summed E-state index contributed by atoms with van der Waals surface area (Å²) < 4.78 is 0. The predicted molar refractivity (Wildman–Crippen MR) is 120 cm³/mol. The molecule has 146 valence electrons. The molecular weight excluding hydrogens is 339 g/mol. The number of unbranched alkanes of at least 4 members (excludes halogenated alkanes) is 3. The van der Waals surface area contributed by atoms with E-state index in [4.69, 9.17) is 0 Å². The standard InChI is InChI=1S/2C7H13N.C6H14.2ClH/c2*1-4-6-8(3)7-5-2;1-3-5-6-4-2;;/h2*4-5H,1-2,6-7H2,3H3;3-6H2,1-2H3;2*1H. The Morgan fingerprint density at radius 1 is 0.583 bits per heavy atom. The number of likely N-dealkylation sites (N-methyl/N-ethyl adjacent to an activating group) is 2. The summed E-state index contributed by atoms with van der Waals surface area (Å²) in [5, 5.41) is 0. The van der Waals surface area contributed by atoms with Gasteiger partial charge < -0.3 is 0 Å². The van der Waals surface area contributed by atoms with E-state index in [2.05, 4.69) is 50.0 Å². The van der Waals surface area contributed by atoms with Gasteiger partial charge in [-0.25, -0.2) is 0 Å². The lowest BCUT2D eigenvalue weighted by molar-refractivity contribution is 0.413. The van der Waals surface area contributed by atoms with E-state index in [0.717, 1.165) is 26.2 Å². The second-order valence-electron chi connectivity index (χ2n) is 5.30. The van der Waals surface area contributed by atoms with Crippen LogP contribution in [0.1, 0.15) is 39.5 Å². The highest BCUT2D eigenvalue weighted by atomic mass is 35.5. The molecule has 0 bridgehead atoms. The maximum absolute atomic E-state index is 3.61. The van der Waals surface area contributed by atoms with Crippen LogP contribution in [0.3, 0.4) is 0 Å². The molecule has 24 heavy (non-hydrogen) atoms. The van der Waals surface area contributed by atoms with Crippen molar-refractivity contribution in [1.82, 2.24) is 9.80 Å². The van der Waals surface area contributed by atoms with Crippen molar-refractivity contribution in [2.24, 2.45) is 0 Å². The topological polar surface area (TPSA) is 6.48 Å². The SMILES string of the molecule is C=CCN(C)CC=C.C=CCN(C)CC=C.CCCCCC.Cl.Cl. The highest BCUT2D eigenvalue weighted by Crippen LogP contribution is 1.95. The first-order valence-corrected chi connectivity index (χ1v) is 8.34. The molecule has 0 rings (SSSR count).